The molecule has 4 rings (SSSR count). The summed E-state index contributed by atoms with van der Waals surface area (Å²) in [5.74, 6) is 1.53. The monoisotopic (exact) mass is 395 g/mol. The molecule has 1 aliphatic carbocycles. The van der Waals surface area contributed by atoms with Crippen molar-refractivity contribution in [2.75, 3.05) is 31.1 Å². The van der Waals surface area contributed by atoms with Gasteiger partial charge in [-0.25, -0.2) is 9.78 Å². The second kappa shape index (κ2) is 7.66. The highest BCUT2D eigenvalue weighted by molar-refractivity contribution is 6.07. The van der Waals surface area contributed by atoms with Crippen LogP contribution in [0.1, 0.15) is 51.5 Å². The highest BCUT2D eigenvalue weighted by Gasteiger charge is 2.58. The maximum absolute atomic E-state index is 13.5. The number of pyridine rings is 1. The summed E-state index contributed by atoms with van der Waals surface area (Å²) in [7, 11) is 0. The summed E-state index contributed by atoms with van der Waals surface area (Å²) in [5.41, 5.74) is -0.149. The first-order chi connectivity index (χ1) is 13.9. The van der Waals surface area contributed by atoms with Gasteiger partial charge in [0, 0.05) is 32.4 Å². The molecule has 0 radical (unpaired) electrons. The number of carbonyl (C=O) groups is 2. The smallest absolute Gasteiger partial charge is 0.327 e. The predicted octanol–water partition coefficient (Wildman–Crippen LogP) is 3.01. The SMILES string of the molecule is CC(C)CN1C(=O)N(CC2CCC2)C(=O)C12CCN(c1cc(C#N)ccn1)CC2. The first kappa shape index (κ1) is 19.7. The largest absolute Gasteiger partial charge is 0.356 e. The lowest BCUT2D eigenvalue weighted by molar-refractivity contribution is -0.135. The average molecular weight is 396 g/mol. The first-order valence-electron chi connectivity index (χ1n) is 10.7. The van der Waals surface area contributed by atoms with E-state index in [4.69, 9.17) is 5.26 Å². The summed E-state index contributed by atoms with van der Waals surface area (Å²) >= 11 is 0. The predicted molar refractivity (Wildman–Crippen MR) is 109 cm³/mol. The van der Waals surface area contributed by atoms with Gasteiger partial charge in [0.05, 0.1) is 11.6 Å². The Kier molecular flexibility index (Phi) is 5.20. The molecule has 1 saturated carbocycles. The first-order valence-corrected chi connectivity index (χ1v) is 10.7. The third-order valence-corrected chi connectivity index (χ3v) is 6.62. The Balaban J connectivity index is 1.55. The van der Waals surface area contributed by atoms with Gasteiger partial charge >= 0.3 is 6.03 Å². The molecule has 3 amide bonds. The summed E-state index contributed by atoms with van der Waals surface area (Å²) in [6.45, 7) is 6.65. The van der Waals surface area contributed by atoms with Gasteiger partial charge in [0.15, 0.2) is 0 Å². The number of hydrogen-bond donors (Lipinski definition) is 0. The quantitative estimate of drug-likeness (QED) is 0.716. The Morgan fingerprint density at radius 2 is 2.00 bits per heavy atom. The molecule has 0 atom stereocenters. The maximum Gasteiger partial charge on any atom is 0.327 e. The minimum absolute atomic E-state index is 0.00608. The second-order valence-corrected chi connectivity index (χ2v) is 9.03. The summed E-state index contributed by atoms with van der Waals surface area (Å²) in [6, 6.07) is 5.53. The second-order valence-electron chi connectivity index (χ2n) is 9.03. The minimum atomic E-state index is -0.728. The van der Waals surface area contributed by atoms with Crippen LogP contribution in [-0.2, 0) is 4.79 Å². The number of imide groups is 1. The third kappa shape index (κ3) is 3.45. The number of nitrogens with zero attached hydrogens (tertiary/aromatic N) is 5. The zero-order chi connectivity index (χ0) is 20.6. The van der Waals surface area contributed by atoms with E-state index in [2.05, 4.69) is 29.8 Å². The zero-order valence-electron chi connectivity index (χ0n) is 17.3. The molecule has 1 aromatic heterocycles. The Morgan fingerprint density at radius 1 is 1.28 bits per heavy atom. The summed E-state index contributed by atoms with van der Waals surface area (Å²) in [4.78, 5) is 36.6. The molecule has 3 heterocycles. The molecule has 1 aromatic rings. The number of urea groups is 1. The van der Waals surface area contributed by atoms with Gasteiger partial charge in [-0.1, -0.05) is 20.3 Å². The number of nitriles is 1. The van der Waals surface area contributed by atoms with Gasteiger partial charge in [-0.2, -0.15) is 5.26 Å². The van der Waals surface area contributed by atoms with Crippen LogP contribution in [0.5, 0.6) is 0 Å². The fourth-order valence-corrected chi connectivity index (χ4v) is 4.75. The third-order valence-electron chi connectivity index (χ3n) is 6.62. The molecule has 2 saturated heterocycles. The zero-order valence-corrected chi connectivity index (χ0v) is 17.3. The standard InChI is InChI=1S/C22H29N5O2/c1-16(2)14-27-21(29)26(15-17-4-3-5-17)20(28)22(27)7-10-25(11-8-22)19-12-18(13-23)6-9-24-19/h6,9,12,16-17H,3-5,7-8,10-11,14-15H2,1-2H3. The van der Waals surface area contributed by atoms with Crippen LogP contribution in [0, 0.1) is 23.2 Å². The molecule has 7 heteroatoms. The number of hydrogen-bond acceptors (Lipinski definition) is 5. The Morgan fingerprint density at radius 3 is 2.59 bits per heavy atom. The van der Waals surface area contributed by atoms with Gasteiger partial charge in [-0.05, 0) is 49.7 Å². The van der Waals surface area contributed by atoms with E-state index in [0.29, 0.717) is 56.4 Å². The summed E-state index contributed by atoms with van der Waals surface area (Å²) < 4.78 is 0. The van der Waals surface area contributed by atoms with E-state index in [0.717, 1.165) is 18.7 Å². The molecular formula is C22H29N5O2. The van der Waals surface area contributed by atoms with Crippen molar-refractivity contribution < 1.29 is 9.59 Å². The highest BCUT2D eigenvalue weighted by atomic mass is 16.2. The van der Waals surface area contributed by atoms with E-state index in [1.54, 1.807) is 18.3 Å². The van der Waals surface area contributed by atoms with Crippen molar-refractivity contribution in [2.45, 2.75) is 51.5 Å². The normalized spacial score (nSPS) is 21.8. The minimum Gasteiger partial charge on any atom is -0.356 e. The van der Waals surface area contributed by atoms with E-state index in [-0.39, 0.29) is 11.9 Å². The summed E-state index contributed by atoms with van der Waals surface area (Å²) in [6.07, 6.45) is 6.28. The molecule has 0 bridgehead atoms. The molecule has 29 heavy (non-hydrogen) atoms. The Labute approximate surface area is 172 Å². The maximum atomic E-state index is 13.5. The molecule has 3 aliphatic rings. The van der Waals surface area contributed by atoms with Crippen LogP contribution < -0.4 is 4.90 Å². The van der Waals surface area contributed by atoms with E-state index in [1.807, 2.05) is 4.90 Å². The van der Waals surface area contributed by atoms with Crippen molar-refractivity contribution in [1.29, 1.82) is 5.26 Å². The number of carbonyl (C=O) groups excluding carboxylic acids is 2. The molecule has 7 nitrogen and oxygen atoms in total. The Bertz CT molecular complexity index is 834. The molecule has 0 N–H and O–H groups in total. The van der Waals surface area contributed by atoms with Crippen LogP contribution in [0.4, 0.5) is 10.6 Å². The van der Waals surface area contributed by atoms with Gasteiger partial charge in [0.25, 0.3) is 5.91 Å². The van der Waals surface area contributed by atoms with Crippen molar-refractivity contribution in [3.05, 3.63) is 23.9 Å². The van der Waals surface area contributed by atoms with Crippen LogP contribution in [0.25, 0.3) is 0 Å². The van der Waals surface area contributed by atoms with Gasteiger partial charge in [0.2, 0.25) is 0 Å². The van der Waals surface area contributed by atoms with Crippen molar-refractivity contribution in [1.82, 2.24) is 14.8 Å². The fourth-order valence-electron chi connectivity index (χ4n) is 4.75. The molecule has 2 aliphatic heterocycles. The van der Waals surface area contributed by atoms with Crippen LogP contribution >= 0.6 is 0 Å². The van der Waals surface area contributed by atoms with Gasteiger partial charge in [-0.15, -0.1) is 0 Å². The van der Waals surface area contributed by atoms with Crippen LogP contribution in [-0.4, -0.2) is 58.4 Å². The molecule has 0 aromatic carbocycles. The van der Waals surface area contributed by atoms with E-state index < -0.39 is 5.54 Å². The van der Waals surface area contributed by atoms with Crippen molar-refractivity contribution in [3.8, 4) is 6.07 Å². The van der Waals surface area contributed by atoms with Crippen LogP contribution in [0.3, 0.4) is 0 Å². The van der Waals surface area contributed by atoms with Gasteiger partial charge in [-0.3, -0.25) is 9.69 Å². The number of piperidine rings is 1. The molecule has 0 unspecified atom stereocenters. The van der Waals surface area contributed by atoms with Crippen molar-refractivity contribution in [2.24, 2.45) is 11.8 Å². The van der Waals surface area contributed by atoms with Crippen molar-refractivity contribution >= 4 is 17.8 Å². The summed E-state index contributed by atoms with van der Waals surface area (Å²) in [5, 5.41) is 9.15. The van der Waals surface area contributed by atoms with Gasteiger partial charge in [0.1, 0.15) is 11.4 Å². The lowest BCUT2D eigenvalue weighted by atomic mass is 9.83. The molecule has 154 valence electrons. The van der Waals surface area contributed by atoms with E-state index in [1.165, 1.54) is 11.3 Å². The van der Waals surface area contributed by atoms with E-state index in [9.17, 15) is 9.59 Å². The Hall–Kier alpha value is -2.62. The number of rotatable bonds is 5. The highest BCUT2D eigenvalue weighted by Crippen LogP contribution is 2.40. The van der Waals surface area contributed by atoms with Crippen LogP contribution in [0.2, 0.25) is 0 Å². The molecule has 1 spiro atoms. The molecular weight excluding hydrogens is 366 g/mol. The van der Waals surface area contributed by atoms with Crippen LogP contribution in [0.15, 0.2) is 18.3 Å². The van der Waals surface area contributed by atoms with Gasteiger partial charge < -0.3 is 9.80 Å². The van der Waals surface area contributed by atoms with E-state index >= 15 is 0 Å². The lowest BCUT2D eigenvalue weighted by Gasteiger charge is -2.43. The average Bonchev–Trinajstić information content (AvgIpc) is 2.87. The topological polar surface area (TPSA) is 80.5 Å². The number of amides is 3. The lowest BCUT2D eigenvalue weighted by Crippen LogP contribution is -2.57. The molecule has 3 fully saturated rings. The number of anilines is 1. The van der Waals surface area contributed by atoms with Crippen molar-refractivity contribution in [3.63, 3.8) is 0 Å². The number of aromatic nitrogens is 1. The fraction of sp³-hybridized carbons (Fsp3) is 0.636.